The largest absolute Gasteiger partial charge is 0.393 e. The average molecular weight is 326 g/mol. The lowest BCUT2D eigenvalue weighted by Crippen LogP contribution is -2.48. The Bertz CT molecular complexity index is 645. The highest BCUT2D eigenvalue weighted by molar-refractivity contribution is 5.76. The standard InChI is InChI=1S/C18H22N4O2/c23-16-9-13(10-16)17(11-14-3-1-2-6-20-14)22-18(24)5-4-15-12-19-7-8-21-15/h1-3,6-8,12-13,16-17,23H,4-5,9-11H2,(H,22,24). The summed E-state index contributed by atoms with van der Waals surface area (Å²) in [4.78, 5) is 24.8. The van der Waals surface area contributed by atoms with Crippen LogP contribution in [0.5, 0.6) is 0 Å². The van der Waals surface area contributed by atoms with Crippen molar-refractivity contribution in [2.75, 3.05) is 0 Å². The summed E-state index contributed by atoms with van der Waals surface area (Å²) in [7, 11) is 0. The van der Waals surface area contributed by atoms with Gasteiger partial charge in [-0.15, -0.1) is 0 Å². The van der Waals surface area contributed by atoms with Crippen LogP contribution in [-0.2, 0) is 17.6 Å². The SMILES string of the molecule is O=C(CCc1cnccn1)NC(Cc1ccccn1)C1CC(O)C1. The number of nitrogens with one attached hydrogen (secondary N) is 1. The zero-order valence-electron chi connectivity index (χ0n) is 13.5. The summed E-state index contributed by atoms with van der Waals surface area (Å²) in [6, 6.07) is 5.81. The Morgan fingerprint density at radius 1 is 1.21 bits per heavy atom. The average Bonchev–Trinajstić information content (AvgIpc) is 2.58. The molecule has 1 amide bonds. The third kappa shape index (κ3) is 4.58. The van der Waals surface area contributed by atoms with E-state index in [1.165, 1.54) is 0 Å². The molecular formula is C18H22N4O2. The van der Waals surface area contributed by atoms with Crippen LogP contribution in [0.1, 0.15) is 30.7 Å². The smallest absolute Gasteiger partial charge is 0.220 e. The minimum atomic E-state index is -0.238. The molecule has 3 rings (SSSR count). The second-order valence-corrected chi connectivity index (χ2v) is 6.28. The normalized spacial score (nSPS) is 20.9. The zero-order chi connectivity index (χ0) is 16.8. The van der Waals surface area contributed by atoms with Crippen molar-refractivity contribution < 1.29 is 9.90 Å². The number of nitrogens with zero attached hydrogens (tertiary/aromatic N) is 3. The third-order valence-electron chi connectivity index (χ3n) is 4.45. The van der Waals surface area contributed by atoms with E-state index in [1.807, 2.05) is 18.2 Å². The van der Waals surface area contributed by atoms with Crippen molar-refractivity contribution >= 4 is 5.91 Å². The van der Waals surface area contributed by atoms with Gasteiger partial charge in [-0.05, 0) is 37.3 Å². The van der Waals surface area contributed by atoms with Crippen LogP contribution in [0.3, 0.4) is 0 Å². The Morgan fingerprint density at radius 2 is 2.04 bits per heavy atom. The summed E-state index contributed by atoms with van der Waals surface area (Å²) in [5.74, 6) is 0.311. The highest BCUT2D eigenvalue weighted by atomic mass is 16.3. The molecule has 0 aliphatic heterocycles. The second-order valence-electron chi connectivity index (χ2n) is 6.28. The number of hydrogen-bond acceptors (Lipinski definition) is 5. The summed E-state index contributed by atoms with van der Waals surface area (Å²) in [6.07, 6.45) is 9.58. The van der Waals surface area contributed by atoms with Crippen LogP contribution in [0.15, 0.2) is 43.0 Å². The first-order valence-electron chi connectivity index (χ1n) is 8.33. The molecule has 1 saturated carbocycles. The molecule has 1 atom stereocenters. The molecule has 1 aliphatic rings. The van der Waals surface area contributed by atoms with E-state index in [2.05, 4.69) is 20.3 Å². The Morgan fingerprint density at radius 3 is 2.71 bits per heavy atom. The molecule has 2 N–H and O–H groups in total. The molecule has 6 heteroatoms. The molecule has 24 heavy (non-hydrogen) atoms. The van der Waals surface area contributed by atoms with Gasteiger partial charge in [0.15, 0.2) is 0 Å². The van der Waals surface area contributed by atoms with E-state index < -0.39 is 0 Å². The molecular weight excluding hydrogens is 304 g/mol. The minimum Gasteiger partial charge on any atom is -0.393 e. The number of aromatic nitrogens is 3. The molecule has 2 aromatic heterocycles. The molecule has 6 nitrogen and oxygen atoms in total. The first-order valence-corrected chi connectivity index (χ1v) is 8.33. The molecule has 0 bridgehead atoms. The van der Waals surface area contributed by atoms with Gasteiger partial charge in [0.2, 0.25) is 5.91 Å². The Kier molecular flexibility index (Phi) is 5.48. The number of carbonyl (C=O) groups excluding carboxylic acids is 1. The maximum Gasteiger partial charge on any atom is 0.220 e. The van der Waals surface area contributed by atoms with Crippen molar-refractivity contribution in [1.82, 2.24) is 20.3 Å². The van der Waals surface area contributed by atoms with Crippen LogP contribution >= 0.6 is 0 Å². The van der Waals surface area contributed by atoms with Gasteiger partial charge < -0.3 is 10.4 Å². The van der Waals surface area contributed by atoms with Crippen LogP contribution < -0.4 is 5.32 Å². The maximum atomic E-state index is 12.3. The second kappa shape index (κ2) is 7.97. The van der Waals surface area contributed by atoms with Gasteiger partial charge in [0.1, 0.15) is 0 Å². The van der Waals surface area contributed by atoms with Crippen LogP contribution in [0, 0.1) is 5.92 Å². The maximum absolute atomic E-state index is 12.3. The fraction of sp³-hybridized carbons (Fsp3) is 0.444. The fourth-order valence-corrected chi connectivity index (χ4v) is 3.02. The van der Waals surface area contributed by atoms with Crippen molar-refractivity contribution in [3.8, 4) is 0 Å². The predicted octanol–water partition coefficient (Wildman–Crippen LogP) is 1.30. The lowest BCUT2D eigenvalue weighted by atomic mass is 9.76. The van der Waals surface area contributed by atoms with Crippen molar-refractivity contribution in [1.29, 1.82) is 0 Å². The van der Waals surface area contributed by atoms with E-state index >= 15 is 0 Å². The van der Waals surface area contributed by atoms with Gasteiger partial charge >= 0.3 is 0 Å². The Labute approximate surface area is 141 Å². The number of rotatable bonds is 7. The molecule has 126 valence electrons. The van der Waals surface area contributed by atoms with E-state index in [4.69, 9.17) is 0 Å². The van der Waals surface area contributed by atoms with Gasteiger partial charge in [-0.3, -0.25) is 19.7 Å². The van der Waals surface area contributed by atoms with E-state index in [0.29, 0.717) is 25.2 Å². The number of carbonyl (C=O) groups is 1. The monoisotopic (exact) mass is 326 g/mol. The first-order chi connectivity index (χ1) is 11.7. The minimum absolute atomic E-state index is 0.00275. The zero-order valence-corrected chi connectivity index (χ0v) is 13.5. The molecule has 2 heterocycles. The number of aryl methyl sites for hydroxylation is 1. The molecule has 1 fully saturated rings. The summed E-state index contributed by atoms with van der Waals surface area (Å²) in [5, 5.41) is 12.7. The van der Waals surface area contributed by atoms with Crippen molar-refractivity contribution in [3.63, 3.8) is 0 Å². The number of amides is 1. The molecule has 1 aliphatic carbocycles. The Hall–Kier alpha value is -2.34. The van der Waals surface area contributed by atoms with E-state index in [0.717, 1.165) is 24.2 Å². The van der Waals surface area contributed by atoms with Gasteiger partial charge in [0.05, 0.1) is 11.8 Å². The molecule has 0 saturated heterocycles. The highest BCUT2D eigenvalue weighted by Gasteiger charge is 2.34. The molecule has 0 spiro atoms. The summed E-state index contributed by atoms with van der Waals surface area (Å²) >= 11 is 0. The predicted molar refractivity (Wildman–Crippen MR) is 89.0 cm³/mol. The van der Waals surface area contributed by atoms with Crippen LogP contribution in [0.4, 0.5) is 0 Å². The summed E-state index contributed by atoms with van der Waals surface area (Å²) in [5.41, 5.74) is 1.77. The first kappa shape index (κ1) is 16.5. The summed E-state index contributed by atoms with van der Waals surface area (Å²) < 4.78 is 0. The van der Waals surface area contributed by atoms with Gasteiger partial charge in [0.25, 0.3) is 0 Å². The highest BCUT2D eigenvalue weighted by Crippen LogP contribution is 2.31. The lowest BCUT2D eigenvalue weighted by Gasteiger charge is -2.38. The van der Waals surface area contributed by atoms with Gasteiger partial charge in [0, 0.05) is 49.4 Å². The number of hydrogen-bond donors (Lipinski definition) is 2. The lowest BCUT2D eigenvalue weighted by molar-refractivity contribution is -0.122. The number of aliphatic hydroxyl groups is 1. The molecule has 2 aromatic rings. The summed E-state index contributed by atoms with van der Waals surface area (Å²) in [6.45, 7) is 0. The van der Waals surface area contributed by atoms with Crippen LogP contribution in [0.2, 0.25) is 0 Å². The quantitative estimate of drug-likeness (QED) is 0.801. The fourth-order valence-electron chi connectivity index (χ4n) is 3.02. The van der Waals surface area contributed by atoms with Gasteiger partial charge in [-0.1, -0.05) is 6.07 Å². The van der Waals surface area contributed by atoms with E-state index in [-0.39, 0.29) is 18.1 Å². The Balaban J connectivity index is 1.55. The van der Waals surface area contributed by atoms with Gasteiger partial charge in [-0.25, -0.2) is 0 Å². The molecule has 0 radical (unpaired) electrons. The van der Waals surface area contributed by atoms with Gasteiger partial charge in [-0.2, -0.15) is 0 Å². The third-order valence-corrected chi connectivity index (χ3v) is 4.45. The number of aliphatic hydroxyl groups excluding tert-OH is 1. The van der Waals surface area contributed by atoms with Crippen molar-refractivity contribution in [3.05, 3.63) is 54.4 Å². The van der Waals surface area contributed by atoms with Crippen molar-refractivity contribution in [2.45, 2.75) is 44.2 Å². The molecule has 1 unspecified atom stereocenters. The van der Waals surface area contributed by atoms with Crippen LogP contribution in [-0.4, -0.2) is 38.1 Å². The van der Waals surface area contributed by atoms with E-state index in [1.54, 1.807) is 24.8 Å². The topological polar surface area (TPSA) is 88.0 Å². The molecule has 0 aromatic carbocycles. The number of pyridine rings is 1. The van der Waals surface area contributed by atoms with Crippen molar-refractivity contribution in [2.24, 2.45) is 5.92 Å². The van der Waals surface area contributed by atoms with E-state index in [9.17, 15) is 9.90 Å². The van der Waals surface area contributed by atoms with Crippen LogP contribution in [0.25, 0.3) is 0 Å².